The molecule has 7 nitrogen and oxygen atoms in total. The zero-order valence-electron chi connectivity index (χ0n) is 11.2. The summed E-state index contributed by atoms with van der Waals surface area (Å²) in [6, 6.07) is 7.24. The SMILES string of the molecule is NC1(C(=O)O)CCN(C(=O)c2cnc3ccccc3n2)C1. The smallest absolute Gasteiger partial charge is 0.325 e. The molecule has 1 amide bonds. The van der Waals surface area contributed by atoms with Crippen LogP contribution in [0.4, 0.5) is 0 Å². The molecule has 1 saturated heterocycles. The number of carboxylic acids is 1. The number of carbonyl (C=O) groups is 2. The number of nitrogens with two attached hydrogens (primary N) is 1. The highest BCUT2D eigenvalue weighted by Crippen LogP contribution is 2.21. The predicted molar refractivity (Wildman–Crippen MR) is 74.6 cm³/mol. The molecule has 1 unspecified atom stereocenters. The van der Waals surface area contributed by atoms with Crippen molar-refractivity contribution in [3.8, 4) is 0 Å². The Hall–Kier alpha value is -2.54. The van der Waals surface area contributed by atoms with Gasteiger partial charge in [-0.25, -0.2) is 4.98 Å². The molecule has 0 spiro atoms. The molecule has 1 aliphatic rings. The van der Waals surface area contributed by atoms with Gasteiger partial charge >= 0.3 is 5.97 Å². The number of hydrogen-bond donors (Lipinski definition) is 2. The Morgan fingerprint density at radius 1 is 1.29 bits per heavy atom. The molecule has 3 N–H and O–H groups in total. The van der Waals surface area contributed by atoms with Gasteiger partial charge in [-0.2, -0.15) is 0 Å². The molecule has 0 saturated carbocycles. The summed E-state index contributed by atoms with van der Waals surface area (Å²) < 4.78 is 0. The molecule has 7 heteroatoms. The van der Waals surface area contributed by atoms with Crippen LogP contribution >= 0.6 is 0 Å². The van der Waals surface area contributed by atoms with Crippen LogP contribution in [-0.2, 0) is 4.79 Å². The minimum atomic E-state index is -1.38. The fourth-order valence-electron chi connectivity index (χ4n) is 2.40. The summed E-state index contributed by atoms with van der Waals surface area (Å²) >= 11 is 0. The van der Waals surface area contributed by atoms with Gasteiger partial charge in [-0.15, -0.1) is 0 Å². The molecule has 1 aliphatic heterocycles. The van der Waals surface area contributed by atoms with Crippen LogP contribution < -0.4 is 5.73 Å². The summed E-state index contributed by atoms with van der Waals surface area (Å²) in [5, 5.41) is 9.09. The molecule has 3 rings (SSSR count). The van der Waals surface area contributed by atoms with Crippen molar-refractivity contribution >= 4 is 22.9 Å². The van der Waals surface area contributed by atoms with Gasteiger partial charge in [-0.05, 0) is 18.6 Å². The molecule has 1 aromatic carbocycles. The summed E-state index contributed by atoms with van der Waals surface area (Å²) in [6.07, 6.45) is 1.64. The van der Waals surface area contributed by atoms with E-state index in [1.54, 1.807) is 6.07 Å². The molecular formula is C14H14N4O3. The Labute approximate surface area is 120 Å². The highest BCUT2D eigenvalue weighted by Gasteiger charge is 2.43. The van der Waals surface area contributed by atoms with Gasteiger partial charge in [0.05, 0.1) is 17.2 Å². The summed E-state index contributed by atoms with van der Waals surface area (Å²) in [7, 11) is 0. The van der Waals surface area contributed by atoms with Crippen molar-refractivity contribution in [2.45, 2.75) is 12.0 Å². The first-order valence-electron chi connectivity index (χ1n) is 6.53. The molecule has 1 aromatic heterocycles. The van der Waals surface area contributed by atoms with Gasteiger partial charge in [0, 0.05) is 13.1 Å². The number of aromatic nitrogens is 2. The summed E-state index contributed by atoms with van der Waals surface area (Å²) in [4.78, 5) is 33.4. The van der Waals surface area contributed by atoms with Crippen LogP contribution in [0, 0.1) is 0 Å². The Kier molecular flexibility index (Phi) is 3.06. The maximum absolute atomic E-state index is 12.4. The van der Waals surface area contributed by atoms with Gasteiger partial charge in [-0.1, -0.05) is 12.1 Å². The predicted octanol–water partition coefficient (Wildman–Crippen LogP) is 0.258. The van der Waals surface area contributed by atoms with Crippen LogP contribution in [0.3, 0.4) is 0 Å². The van der Waals surface area contributed by atoms with Crippen molar-refractivity contribution in [1.29, 1.82) is 0 Å². The zero-order chi connectivity index (χ0) is 15.0. The fraction of sp³-hybridized carbons (Fsp3) is 0.286. The van der Waals surface area contributed by atoms with Crippen LogP contribution in [0.5, 0.6) is 0 Å². The number of rotatable bonds is 2. The lowest BCUT2D eigenvalue weighted by Gasteiger charge is -2.19. The molecule has 0 aliphatic carbocycles. The molecule has 1 atom stereocenters. The van der Waals surface area contributed by atoms with Gasteiger partial charge in [0.1, 0.15) is 11.2 Å². The van der Waals surface area contributed by atoms with Crippen LogP contribution in [0.25, 0.3) is 11.0 Å². The Bertz CT molecular complexity index is 733. The average molecular weight is 286 g/mol. The third-order valence-electron chi connectivity index (χ3n) is 3.68. The van der Waals surface area contributed by atoms with Crippen molar-refractivity contribution in [2.24, 2.45) is 5.73 Å². The molecule has 21 heavy (non-hydrogen) atoms. The number of fused-ring (bicyclic) bond motifs is 1. The minimum absolute atomic E-state index is 0.0182. The van der Waals surface area contributed by atoms with Crippen LogP contribution in [0.1, 0.15) is 16.9 Å². The standard InChI is InChI=1S/C14H14N4O3/c15-14(13(20)21)5-6-18(8-14)12(19)11-7-16-9-3-1-2-4-10(9)17-11/h1-4,7H,5-6,8,15H2,(H,20,21). The summed E-state index contributed by atoms with van der Waals surface area (Å²) in [5.41, 5.74) is 5.92. The quantitative estimate of drug-likeness (QED) is 0.819. The number of benzene rings is 1. The second kappa shape index (κ2) is 4.78. The lowest BCUT2D eigenvalue weighted by Crippen LogP contribution is -2.50. The second-order valence-electron chi connectivity index (χ2n) is 5.18. The zero-order valence-corrected chi connectivity index (χ0v) is 11.2. The molecule has 0 radical (unpaired) electrons. The van der Waals surface area contributed by atoms with Gasteiger partial charge in [-0.3, -0.25) is 14.6 Å². The minimum Gasteiger partial charge on any atom is -0.480 e. The number of aliphatic carboxylic acids is 1. The van der Waals surface area contributed by atoms with Crippen LogP contribution in [-0.4, -0.2) is 50.5 Å². The topological polar surface area (TPSA) is 109 Å². The van der Waals surface area contributed by atoms with Gasteiger partial charge < -0.3 is 15.7 Å². The van der Waals surface area contributed by atoms with E-state index >= 15 is 0 Å². The Morgan fingerprint density at radius 2 is 2.00 bits per heavy atom. The molecule has 0 bridgehead atoms. The van der Waals surface area contributed by atoms with E-state index in [0.717, 1.165) is 0 Å². The molecular weight excluding hydrogens is 272 g/mol. The van der Waals surface area contributed by atoms with Gasteiger partial charge in [0.25, 0.3) is 5.91 Å². The number of nitrogens with zero attached hydrogens (tertiary/aromatic N) is 3. The van der Waals surface area contributed by atoms with E-state index in [1.807, 2.05) is 18.2 Å². The first kappa shape index (κ1) is 13.4. The maximum Gasteiger partial charge on any atom is 0.325 e. The summed E-state index contributed by atoms with van der Waals surface area (Å²) in [6.45, 7) is 0.284. The van der Waals surface area contributed by atoms with E-state index in [4.69, 9.17) is 10.8 Å². The van der Waals surface area contributed by atoms with E-state index in [9.17, 15) is 9.59 Å². The van der Waals surface area contributed by atoms with Gasteiger partial charge in [0.2, 0.25) is 0 Å². The van der Waals surface area contributed by atoms with Crippen LogP contribution in [0.15, 0.2) is 30.5 Å². The third kappa shape index (κ3) is 2.31. The largest absolute Gasteiger partial charge is 0.480 e. The van der Waals surface area contributed by atoms with Crippen molar-refractivity contribution < 1.29 is 14.7 Å². The monoisotopic (exact) mass is 286 g/mol. The number of amides is 1. The highest BCUT2D eigenvalue weighted by atomic mass is 16.4. The lowest BCUT2D eigenvalue weighted by molar-refractivity contribution is -0.142. The van der Waals surface area contributed by atoms with E-state index in [1.165, 1.54) is 11.1 Å². The molecule has 2 aromatic rings. The third-order valence-corrected chi connectivity index (χ3v) is 3.68. The number of para-hydroxylation sites is 2. The van der Waals surface area contributed by atoms with Crippen molar-refractivity contribution in [3.05, 3.63) is 36.2 Å². The molecule has 2 heterocycles. The van der Waals surface area contributed by atoms with E-state index < -0.39 is 11.5 Å². The van der Waals surface area contributed by atoms with Crippen molar-refractivity contribution in [3.63, 3.8) is 0 Å². The van der Waals surface area contributed by atoms with E-state index in [0.29, 0.717) is 17.6 Å². The fourth-order valence-corrected chi connectivity index (χ4v) is 2.40. The first-order chi connectivity index (χ1) is 9.99. The molecule has 108 valence electrons. The average Bonchev–Trinajstić information content (AvgIpc) is 2.90. The molecule has 1 fully saturated rings. The normalized spacial score (nSPS) is 21.7. The van der Waals surface area contributed by atoms with Gasteiger partial charge in [0.15, 0.2) is 0 Å². The first-order valence-corrected chi connectivity index (χ1v) is 6.53. The highest BCUT2D eigenvalue weighted by molar-refractivity contribution is 5.95. The summed E-state index contributed by atoms with van der Waals surface area (Å²) in [5.74, 6) is -1.44. The number of likely N-dealkylation sites (tertiary alicyclic amines) is 1. The van der Waals surface area contributed by atoms with Crippen molar-refractivity contribution in [2.75, 3.05) is 13.1 Å². The number of carboxylic acid groups (broad SMARTS) is 1. The van der Waals surface area contributed by atoms with Crippen LogP contribution in [0.2, 0.25) is 0 Å². The Morgan fingerprint density at radius 3 is 2.67 bits per heavy atom. The second-order valence-corrected chi connectivity index (χ2v) is 5.18. The number of hydrogen-bond acceptors (Lipinski definition) is 5. The maximum atomic E-state index is 12.4. The lowest BCUT2D eigenvalue weighted by atomic mass is 10.0. The number of carbonyl (C=O) groups excluding carboxylic acids is 1. The van der Waals surface area contributed by atoms with Crippen molar-refractivity contribution in [1.82, 2.24) is 14.9 Å². The van der Waals surface area contributed by atoms with E-state index in [-0.39, 0.29) is 24.6 Å². The Balaban J connectivity index is 1.86. The van der Waals surface area contributed by atoms with E-state index in [2.05, 4.69) is 9.97 Å².